The molecule has 0 aliphatic heterocycles. The minimum atomic E-state index is -3.53. The van der Waals surface area contributed by atoms with Gasteiger partial charge in [-0.05, 0) is 32.8 Å². The van der Waals surface area contributed by atoms with Gasteiger partial charge in [0.15, 0.2) is 0 Å². The molecule has 0 bridgehead atoms. The lowest BCUT2D eigenvalue weighted by Gasteiger charge is -2.13. The monoisotopic (exact) mass is 289 g/mol. The number of halogens is 1. The van der Waals surface area contributed by atoms with Gasteiger partial charge in [-0.2, -0.15) is 0 Å². The minimum absolute atomic E-state index is 0.0993. The quantitative estimate of drug-likeness (QED) is 0.870. The lowest BCUT2D eigenvalue weighted by atomic mass is 10.4. The molecule has 0 aromatic carbocycles. The average Bonchev–Trinajstić information content (AvgIpc) is 2.98. The highest BCUT2D eigenvalue weighted by atomic mass is 35.5. The molecule has 1 saturated carbocycles. The molecular formula is C11H16ClN3O2S. The zero-order valence-electron chi connectivity index (χ0n) is 10.3. The van der Waals surface area contributed by atoms with Crippen LogP contribution in [0, 0.1) is 0 Å². The normalized spacial score (nSPS) is 17.5. The van der Waals surface area contributed by atoms with E-state index in [0.717, 1.165) is 12.8 Å². The van der Waals surface area contributed by atoms with Crippen molar-refractivity contribution in [2.24, 2.45) is 0 Å². The van der Waals surface area contributed by atoms with Gasteiger partial charge in [-0.15, -0.1) is 0 Å². The van der Waals surface area contributed by atoms with E-state index in [9.17, 15) is 8.42 Å². The fourth-order valence-corrected chi connectivity index (χ4v) is 3.27. The SMILES string of the molecule is CCNc1ncc(S(=O)(=O)NC2(C)CC2)cc1Cl. The summed E-state index contributed by atoms with van der Waals surface area (Å²) in [6, 6.07) is 1.42. The van der Waals surface area contributed by atoms with Crippen LogP contribution in [0.5, 0.6) is 0 Å². The van der Waals surface area contributed by atoms with Crippen LogP contribution in [0.3, 0.4) is 0 Å². The van der Waals surface area contributed by atoms with Gasteiger partial charge in [0.2, 0.25) is 10.0 Å². The van der Waals surface area contributed by atoms with Gasteiger partial charge in [-0.3, -0.25) is 0 Å². The molecule has 5 nitrogen and oxygen atoms in total. The highest BCUT2D eigenvalue weighted by molar-refractivity contribution is 7.89. The number of aromatic nitrogens is 1. The molecule has 1 heterocycles. The van der Waals surface area contributed by atoms with E-state index in [4.69, 9.17) is 11.6 Å². The van der Waals surface area contributed by atoms with E-state index in [-0.39, 0.29) is 10.4 Å². The number of hydrogen-bond acceptors (Lipinski definition) is 4. The minimum Gasteiger partial charge on any atom is -0.369 e. The summed E-state index contributed by atoms with van der Waals surface area (Å²) < 4.78 is 26.8. The zero-order valence-corrected chi connectivity index (χ0v) is 11.9. The molecule has 0 radical (unpaired) electrons. The predicted octanol–water partition coefficient (Wildman–Crippen LogP) is 2.00. The molecule has 0 saturated heterocycles. The van der Waals surface area contributed by atoms with Crippen LogP contribution in [-0.4, -0.2) is 25.5 Å². The van der Waals surface area contributed by atoms with E-state index in [1.165, 1.54) is 12.3 Å². The fraction of sp³-hybridized carbons (Fsp3) is 0.545. The summed E-state index contributed by atoms with van der Waals surface area (Å²) in [4.78, 5) is 4.12. The van der Waals surface area contributed by atoms with Gasteiger partial charge in [-0.25, -0.2) is 18.1 Å². The van der Waals surface area contributed by atoms with Crippen molar-refractivity contribution in [3.8, 4) is 0 Å². The Bertz CT molecular complexity index is 555. The van der Waals surface area contributed by atoms with Crippen molar-refractivity contribution < 1.29 is 8.42 Å². The third-order valence-corrected chi connectivity index (χ3v) is 4.74. The molecule has 7 heteroatoms. The van der Waals surface area contributed by atoms with Gasteiger partial charge in [0.25, 0.3) is 0 Å². The lowest BCUT2D eigenvalue weighted by molar-refractivity contribution is 0.557. The van der Waals surface area contributed by atoms with Crippen LogP contribution in [0.15, 0.2) is 17.2 Å². The van der Waals surface area contributed by atoms with Gasteiger partial charge in [0, 0.05) is 18.3 Å². The number of anilines is 1. The van der Waals surface area contributed by atoms with Crippen molar-refractivity contribution in [2.45, 2.75) is 37.1 Å². The van der Waals surface area contributed by atoms with Crippen molar-refractivity contribution in [1.82, 2.24) is 9.71 Å². The zero-order chi connectivity index (χ0) is 13.4. The Hall–Kier alpha value is -0.850. The van der Waals surface area contributed by atoms with Crippen LogP contribution in [-0.2, 0) is 10.0 Å². The van der Waals surface area contributed by atoms with E-state index in [2.05, 4.69) is 15.0 Å². The number of sulfonamides is 1. The highest BCUT2D eigenvalue weighted by Gasteiger charge is 2.41. The van der Waals surface area contributed by atoms with Gasteiger partial charge in [0.05, 0.1) is 5.02 Å². The lowest BCUT2D eigenvalue weighted by Crippen LogP contribution is -2.34. The smallest absolute Gasteiger partial charge is 0.242 e. The van der Waals surface area contributed by atoms with Crippen molar-refractivity contribution in [1.29, 1.82) is 0 Å². The van der Waals surface area contributed by atoms with Crippen LogP contribution >= 0.6 is 11.6 Å². The van der Waals surface area contributed by atoms with Crippen molar-refractivity contribution in [3.63, 3.8) is 0 Å². The average molecular weight is 290 g/mol. The van der Waals surface area contributed by atoms with Crippen LogP contribution in [0.4, 0.5) is 5.82 Å². The van der Waals surface area contributed by atoms with E-state index in [1.54, 1.807) is 0 Å². The molecule has 1 aromatic rings. The first-order chi connectivity index (χ1) is 8.36. The summed E-state index contributed by atoms with van der Waals surface area (Å²) in [5.74, 6) is 0.496. The van der Waals surface area contributed by atoms with Crippen molar-refractivity contribution >= 4 is 27.4 Å². The second-order valence-corrected chi connectivity index (χ2v) is 6.79. The van der Waals surface area contributed by atoms with Crippen LogP contribution < -0.4 is 10.0 Å². The fourth-order valence-electron chi connectivity index (χ4n) is 1.54. The van der Waals surface area contributed by atoms with Crippen LogP contribution in [0.25, 0.3) is 0 Å². The molecular weight excluding hydrogens is 274 g/mol. The van der Waals surface area contributed by atoms with E-state index >= 15 is 0 Å². The van der Waals surface area contributed by atoms with Crippen LogP contribution in [0.2, 0.25) is 5.02 Å². The topological polar surface area (TPSA) is 71.1 Å². The molecule has 1 aromatic heterocycles. The Morgan fingerprint density at radius 3 is 2.67 bits per heavy atom. The Kier molecular flexibility index (Phi) is 3.53. The molecule has 1 fully saturated rings. The number of rotatable bonds is 5. The van der Waals surface area contributed by atoms with Crippen LogP contribution in [0.1, 0.15) is 26.7 Å². The second kappa shape index (κ2) is 4.68. The van der Waals surface area contributed by atoms with Gasteiger partial charge < -0.3 is 5.32 Å². The maximum Gasteiger partial charge on any atom is 0.242 e. The maximum atomic E-state index is 12.1. The van der Waals surface area contributed by atoms with E-state index in [0.29, 0.717) is 17.4 Å². The first-order valence-corrected chi connectivity index (χ1v) is 7.66. The summed E-state index contributed by atoms with van der Waals surface area (Å²) in [6.45, 7) is 4.47. The Balaban J connectivity index is 2.25. The van der Waals surface area contributed by atoms with E-state index in [1.807, 2.05) is 13.8 Å². The molecule has 0 spiro atoms. The third-order valence-electron chi connectivity index (χ3n) is 2.85. The largest absolute Gasteiger partial charge is 0.369 e. The second-order valence-electron chi connectivity index (χ2n) is 4.70. The number of nitrogens with one attached hydrogen (secondary N) is 2. The molecule has 0 atom stereocenters. The Morgan fingerprint density at radius 2 is 2.17 bits per heavy atom. The first kappa shape index (κ1) is 13.6. The third kappa shape index (κ3) is 2.93. The maximum absolute atomic E-state index is 12.1. The molecule has 2 N–H and O–H groups in total. The van der Waals surface area contributed by atoms with E-state index < -0.39 is 10.0 Å². The molecule has 1 aliphatic rings. The number of pyridine rings is 1. The van der Waals surface area contributed by atoms with Crippen molar-refractivity contribution in [3.05, 3.63) is 17.3 Å². The molecule has 100 valence electrons. The standard InChI is InChI=1S/C11H16ClN3O2S/c1-3-13-10-9(12)6-8(7-14-10)18(16,17)15-11(2)4-5-11/h6-7,15H,3-5H2,1-2H3,(H,13,14). The highest BCUT2D eigenvalue weighted by Crippen LogP contribution is 2.36. The number of nitrogens with zero attached hydrogens (tertiary/aromatic N) is 1. The summed E-state index contributed by atoms with van der Waals surface area (Å²) in [5.41, 5.74) is -0.300. The van der Waals surface area contributed by atoms with Gasteiger partial charge in [-0.1, -0.05) is 11.6 Å². The van der Waals surface area contributed by atoms with Gasteiger partial charge >= 0.3 is 0 Å². The Labute approximate surface area is 112 Å². The molecule has 1 aliphatic carbocycles. The van der Waals surface area contributed by atoms with Crippen molar-refractivity contribution in [2.75, 3.05) is 11.9 Å². The molecule has 2 rings (SSSR count). The Morgan fingerprint density at radius 1 is 1.50 bits per heavy atom. The first-order valence-electron chi connectivity index (χ1n) is 5.80. The molecule has 0 unspecified atom stereocenters. The summed E-state index contributed by atoms with van der Waals surface area (Å²) in [5, 5.41) is 3.26. The summed E-state index contributed by atoms with van der Waals surface area (Å²) in [6.07, 6.45) is 3.05. The van der Waals surface area contributed by atoms with Gasteiger partial charge in [0.1, 0.15) is 10.7 Å². The predicted molar refractivity (Wildman–Crippen MR) is 71.4 cm³/mol. The molecule has 18 heavy (non-hydrogen) atoms. The molecule has 0 amide bonds. The summed E-state index contributed by atoms with van der Waals surface area (Å²) >= 11 is 5.98. The number of hydrogen-bond donors (Lipinski definition) is 2. The summed E-state index contributed by atoms with van der Waals surface area (Å²) in [7, 11) is -3.53.